The molecule has 106 valence electrons. The highest BCUT2D eigenvalue weighted by Gasteiger charge is 2.44. The van der Waals surface area contributed by atoms with Crippen LogP contribution in [0.1, 0.15) is 57.2 Å². The minimum Gasteiger partial charge on any atom is -0.376 e. The quantitative estimate of drug-likeness (QED) is 0.890. The van der Waals surface area contributed by atoms with Crippen molar-refractivity contribution in [1.29, 1.82) is 0 Å². The molecule has 1 aliphatic rings. The van der Waals surface area contributed by atoms with Gasteiger partial charge in [-0.25, -0.2) is 0 Å². The fourth-order valence-electron chi connectivity index (χ4n) is 3.04. The normalized spacial score (nSPS) is 19.8. The Kier molecular flexibility index (Phi) is 4.03. The van der Waals surface area contributed by atoms with Gasteiger partial charge in [-0.05, 0) is 42.9 Å². The van der Waals surface area contributed by atoms with E-state index in [1.54, 1.807) is 0 Å². The zero-order valence-electron chi connectivity index (χ0n) is 12.9. The molecule has 0 amide bonds. The van der Waals surface area contributed by atoms with Gasteiger partial charge in [0.25, 0.3) is 0 Å². The van der Waals surface area contributed by atoms with Gasteiger partial charge in [0.1, 0.15) is 0 Å². The molecule has 1 N–H and O–H groups in total. The Morgan fingerprint density at radius 3 is 2.05 bits per heavy atom. The van der Waals surface area contributed by atoms with Gasteiger partial charge in [0.15, 0.2) is 0 Å². The van der Waals surface area contributed by atoms with Crippen LogP contribution in [0, 0.1) is 0 Å². The Hall–Kier alpha value is -0.860. The number of benzene rings is 1. The number of ether oxygens (including phenoxy) is 1. The standard InChI is InChI=1S/C17H27NO/c1-16(2,3)14-9-7-13(8-10-14)15(18-4)17(19-5)11-6-12-17/h7-10,15,18H,6,11-12H2,1-5H3. The number of likely N-dealkylation sites (N-methyl/N-ethyl adjacent to an activating group) is 1. The number of hydrogen-bond acceptors (Lipinski definition) is 2. The zero-order chi connectivity index (χ0) is 14.1. The highest BCUT2D eigenvalue weighted by atomic mass is 16.5. The second kappa shape index (κ2) is 5.26. The topological polar surface area (TPSA) is 21.3 Å². The SMILES string of the molecule is CNC(c1ccc(C(C)(C)C)cc1)C1(OC)CCC1. The molecule has 1 aromatic rings. The van der Waals surface area contributed by atoms with Crippen molar-refractivity contribution in [2.45, 2.75) is 57.1 Å². The molecule has 0 spiro atoms. The molecular weight excluding hydrogens is 234 g/mol. The maximum Gasteiger partial charge on any atom is 0.0872 e. The summed E-state index contributed by atoms with van der Waals surface area (Å²) in [6, 6.07) is 9.30. The summed E-state index contributed by atoms with van der Waals surface area (Å²) in [5, 5.41) is 3.45. The van der Waals surface area contributed by atoms with Crippen LogP contribution in [0.15, 0.2) is 24.3 Å². The molecule has 0 aliphatic heterocycles. The lowest BCUT2D eigenvalue weighted by atomic mass is 9.72. The van der Waals surface area contributed by atoms with Gasteiger partial charge >= 0.3 is 0 Å². The van der Waals surface area contributed by atoms with Crippen LogP contribution in [0.4, 0.5) is 0 Å². The summed E-state index contributed by atoms with van der Waals surface area (Å²) in [5.41, 5.74) is 2.92. The van der Waals surface area contributed by atoms with Crippen LogP contribution in [0.25, 0.3) is 0 Å². The van der Waals surface area contributed by atoms with Crippen LogP contribution in [0.2, 0.25) is 0 Å². The third kappa shape index (κ3) is 2.70. The van der Waals surface area contributed by atoms with E-state index in [4.69, 9.17) is 4.74 Å². The summed E-state index contributed by atoms with van der Waals surface area (Å²) in [5.74, 6) is 0. The molecule has 19 heavy (non-hydrogen) atoms. The van der Waals surface area contributed by atoms with E-state index < -0.39 is 0 Å². The Bertz CT molecular complexity index is 406. The van der Waals surface area contributed by atoms with E-state index in [0.717, 1.165) is 12.8 Å². The van der Waals surface area contributed by atoms with E-state index in [9.17, 15) is 0 Å². The van der Waals surface area contributed by atoms with Crippen molar-refractivity contribution in [3.8, 4) is 0 Å². The van der Waals surface area contributed by atoms with Gasteiger partial charge in [0.2, 0.25) is 0 Å². The molecule has 1 aliphatic carbocycles. The predicted molar refractivity (Wildman–Crippen MR) is 80.5 cm³/mol. The van der Waals surface area contributed by atoms with E-state index in [-0.39, 0.29) is 11.0 Å². The molecule has 1 atom stereocenters. The fourth-order valence-corrected chi connectivity index (χ4v) is 3.04. The van der Waals surface area contributed by atoms with Gasteiger partial charge in [-0.15, -0.1) is 0 Å². The summed E-state index contributed by atoms with van der Waals surface area (Å²) in [7, 11) is 3.87. The van der Waals surface area contributed by atoms with Crippen molar-refractivity contribution in [2.75, 3.05) is 14.2 Å². The largest absolute Gasteiger partial charge is 0.376 e. The van der Waals surface area contributed by atoms with Crippen LogP contribution in [0.3, 0.4) is 0 Å². The van der Waals surface area contributed by atoms with Gasteiger partial charge < -0.3 is 10.1 Å². The van der Waals surface area contributed by atoms with Gasteiger partial charge in [0.05, 0.1) is 11.6 Å². The molecule has 2 nitrogen and oxygen atoms in total. The van der Waals surface area contributed by atoms with Crippen molar-refractivity contribution in [2.24, 2.45) is 0 Å². The molecule has 0 bridgehead atoms. The first-order valence-corrected chi connectivity index (χ1v) is 7.26. The smallest absolute Gasteiger partial charge is 0.0872 e. The average molecular weight is 261 g/mol. The number of methoxy groups -OCH3 is 1. The predicted octanol–water partition coefficient (Wildman–Crippen LogP) is 3.81. The van der Waals surface area contributed by atoms with Crippen molar-refractivity contribution in [3.05, 3.63) is 35.4 Å². The molecule has 2 rings (SSSR count). The summed E-state index contributed by atoms with van der Waals surface area (Å²) < 4.78 is 5.82. The number of nitrogens with one attached hydrogen (secondary N) is 1. The van der Waals surface area contributed by atoms with E-state index in [1.165, 1.54) is 17.5 Å². The molecule has 0 radical (unpaired) electrons. The highest BCUT2D eigenvalue weighted by molar-refractivity contribution is 5.31. The van der Waals surface area contributed by atoms with E-state index in [2.05, 4.69) is 50.4 Å². The summed E-state index contributed by atoms with van der Waals surface area (Å²) in [4.78, 5) is 0. The Labute approximate surface area is 117 Å². The minimum absolute atomic E-state index is 0.00198. The van der Waals surface area contributed by atoms with E-state index >= 15 is 0 Å². The number of hydrogen-bond donors (Lipinski definition) is 1. The Morgan fingerprint density at radius 1 is 1.16 bits per heavy atom. The molecule has 0 heterocycles. The third-order valence-corrected chi connectivity index (χ3v) is 4.53. The van der Waals surface area contributed by atoms with Crippen molar-refractivity contribution < 1.29 is 4.74 Å². The van der Waals surface area contributed by atoms with Crippen LogP contribution >= 0.6 is 0 Å². The second-order valence-corrected chi connectivity index (χ2v) is 6.72. The lowest BCUT2D eigenvalue weighted by molar-refractivity contribution is -0.0983. The first-order chi connectivity index (χ1) is 8.93. The molecule has 0 saturated heterocycles. The third-order valence-electron chi connectivity index (χ3n) is 4.53. The van der Waals surface area contributed by atoms with Gasteiger partial charge in [0, 0.05) is 7.11 Å². The van der Waals surface area contributed by atoms with Crippen molar-refractivity contribution in [3.63, 3.8) is 0 Å². The lowest BCUT2D eigenvalue weighted by Crippen LogP contribution is -2.49. The maximum absolute atomic E-state index is 5.82. The van der Waals surface area contributed by atoms with E-state index in [0.29, 0.717) is 6.04 Å². The summed E-state index contributed by atoms with van der Waals surface area (Å²) in [6.45, 7) is 6.75. The first-order valence-electron chi connectivity index (χ1n) is 7.26. The van der Waals surface area contributed by atoms with Crippen LogP contribution < -0.4 is 5.32 Å². The minimum atomic E-state index is -0.00198. The molecule has 1 unspecified atom stereocenters. The van der Waals surface area contributed by atoms with Crippen LogP contribution in [-0.4, -0.2) is 19.8 Å². The second-order valence-electron chi connectivity index (χ2n) is 6.72. The van der Waals surface area contributed by atoms with Gasteiger partial charge in [-0.2, -0.15) is 0 Å². The molecule has 1 saturated carbocycles. The molecule has 2 heteroatoms. The van der Waals surface area contributed by atoms with Crippen LogP contribution in [0.5, 0.6) is 0 Å². The Morgan fingerprint density at radius 2 is 1.74 bits per heavy atom. The molecular formula is C17H27NO. The van der Waals surface area contributed by atoms with Gasteiger partial charge in [-0.3, -0.25) is 0 Å². The maximum atomic E-state index is 5.82. The van der Waals surface area contributed by atoms with E-state index in [1.807, 2.05) is 14.2 Å². The molecule has 1 aromatic carbocycles. The van der Waals surface area contributed by atoms with Crippen molar-refractivity contribution in [1.82, 2.24) is 5.32 Å². The first kappa shape index (κ1) is 14.5. The average Bonchev–Trinajstić information content (AvgIpc) is 2.33. The summed E-state index contributed by atoms with van der Waals surface area (Å²) in [6.07, 6.45) is 3.57. The monoisotopic (exact) mass is 261 g/mol. The molecule has 0 aromatic heterocycles. The van der Waals surface area contributed by atoms with Crippen LogP contribution in [-0.2, 0) is 10.2 Å². The zero-order valence-corrected chi connectivity index (χ0v) is 12.9. The number of rotatable bonds is 4. The Balaban J connectivity index is 2.25. The summed E-state index contributed by atoms with van der Waals surface area (Å²) >= 11 is 0. The molecule has 1 fully saturated rings. The lowest BCUT2D eigenvalue weighted by Gasteiger charge is -2.46. The highest BCUT2D eigenvalue weighted by Crippen LogP contribution is 2.44. The van der Waals surface area contributed by atoms with Gasteiger partial charge in [-0.1, -0.05) is 45.0 Å². The fraction of sp³-hybridized carbons (Fsp3) is 0.647. The van der Waals surface area contributed by atoms with Crippen molar-refractivity contribution >= 4 is 0 Å².